The van der Waals surface area contributed by atoms with Crippen molar-refractivity contribution in [2.75, 3.05) is 6.54 Å². The molecule has 3 heteroatoms. The first-order chi connectivity index (χ1) is 9.61. The average Bonchev–Trinajstić information content (AvgIpc) is 2.44. The third-order valence-corrected chi connectivity index (χ3v) is 3.90. The lowest BCUT2D eigenvalue weighted by Crippen LogP contribution is -2.23. The zero-order valence-corrected chi connectivity index (χ0v) is 12.5. The van der Waals surface area contributed by atoms with Crippen molar-refractivity contribution >= 4 is 11.6 Å². The highest BCUT2D eigenvalue weighted by Gasteiger charge is 2.14. The third kappa shape index (κ3) is 3.59. The van der Waals surface area contributed by atoms with Crippen LogP contribution in [0.15, 0.2) is 42.5 Å². The fourth-order valence-electron chi connectivity index (χ4n) is 2.40. The molecule has 0 aliphatic carbocycles. The lowest BCUT2D eigenvalue weighted by atomic mass is 9.95. The van der Waals surface area contributed by atoms with Crippen LogP contribution in [0.3, 0.4) is 0 Å². The van der Waals surface area contributed by atoms with E-state index < -0.39 is 0 Å². The van der Waals surface area contributed by atoms with Gasteiger partial charge in [0.15, 0.2) is 0 Å². The molecule has 0 aliphatic heterocycles. The summed E-state index contributed by atoms with van der Waals surface area (Å²) in [6, 6.07) is 12.8. The molecule has 20 heavy (non-hydrogen) atoms. The summed E-state index contributed by atoms with van der Waals surface area (Å²) in [7, 11) is 0. The van der Waals surface area contributed by atoms with Crippen LogP contribution in [0.2, 0.25) is 5.02 Å². The van der Waals surface area contributed by atoms with E-state index in [9.17, 15) is 4.39 Å². The minimum atomic E-state index is -0.201. The van der Waals surface area contributed by atoms with Crippen LogP contribution in [0.1, 0.15) is 29.7 Å². The summed E-state index contributed by atoms with van der Waals surface area (Å²) >= 11 is 6.20. The van der Waals surface area contributed by atoms with Gasteiger partial charge in [-0.1, -0.05) is 42.8 Å². The van der Waals surface area contributed by atoms with Crippen LogP contribution in [-0.2, 0) is 6.42 Å². The van der Waals surface area contributed by atoms with Crippen LogP contribution in [-0.4, -0.2) is 6.54 Å². The molecule has 2 aromatic rings. The van der Waals surface area contributed by atoms with Crippen LogP contribution < -0.4 is 5.32 Å². The Morgan fingerprint density at radius 2 is 1.85 bits per heavy atom. The van der Waals surface area contributed by atoms with Gasteiger partial charge in [0.1, 0.15) is 5.82 Å². The maximum absolute atomic E-state index is 13.0. The smallest absolute Gasteiger partial charge is 0.123 e. The topological polar surface area (TPSA) is 12.0 Å². The molecule has 2 aromatic carbocycles. The normalized spacial score (nSPS) is 12.4. The van der Waals surface area contributed by atoms with Gasteiger partial charge in [0.25, 0.3) is 0 Å². The van der Waals surface area contributed by atoms with Crippen molar-refractivity contribution in [1.82, 2.24) is 5.32 Å². The zero-order valence-electron chi connectivity index (χ0n) is 11.8. The van der Waals surface area contributed by atoms with Gasteiger partial charge in [0, 0.05) is 11.1 Å². The van der Waals surface area contributed by atoms with Crippen molar-refractivity contribution in [1.29, 1.82) is 0 Å². The fraction of sp³-hybridized carbons (Fsp3) is 0.294. The molecular formula is C17H19ClFN. The average molecular weight is 292 g/mol. The van der Waals surface area contributed by atoms with E-state index in [2.05, 4.69) is 18.3 Å². The molecule has 0 saturated heterocycles. The first-order valence-electron chi connectivity index (χ1n) is 6.84. The summed E-state index contributed by atoms with van der Waals surface area (Å²) in [5.41, 5.74) is 3.41. The molecule has 0 bridgehead atoms. The van der Waals surface area contributed by atoms with Crippen molar-refractivity contribution in [3.8, 4) is 0 Å². The summed E-state index contributed by atoms with van der Waals surface area (Å²) in [4.78, 5) is 0. The van der Waals surface area contributed by atoms with Crippen molar-refractivity contribution in [3.05, 3.63) is 70.0 Å². The number of rotatable bonds is 5. The molecule has 0 saturated carbocycles. The number of likely N-dealkylation sites (N-methyl/N-ethyl adjacent to an activating group) is 1. The molecule has 0 spiro atoms. The Bertz CT molecular complexity index is 566. The second kappa shape index (κ2) is 6.87. The Morgan fingerprint density at radius 3 is 2.50 bits per heavy atom. The highest BCUT2D eigenvalue weighted by atomic mass is 35.5. The predicted molar refractivity (Wildman–Crippen MR) is 82.7 cm³/mol. The van der Waals surface area contributed by atoms with Crippen molar-refractivity contribution < 1.29 is 4.39 Å². The van der Waals surface area contributed by atoms with Crippen LogP contribution in [0, 0.1) is 12.7 Å². The van der Waals surface area contributed by atoms with Gasteiger partial charge in [-0.25, -0.2) is 4.39 Å². The Morgan fingerprint density at radius 1 is 1.15 bits per heavy atom. The van der Waals surface area contributed by atoms with Crippen LogP contribution in [0.25, 0.3) is 0 Å². The van der Waals surface area contributed by atoms with E-state index >= 15 is 0 Å². The number of hydrogen-bond acceptors (Lipinski definition) is 1. The minimum Gasteiger partial charge on any atom is -0.310 e. The maximum Gasteiger partial charge on any atom is 0.123 e. The Balaban J connectivity index is 2.26. The summed E-state index contributed by atoms with van der Waals surface area (Å²) in [5.74, 6) is -0.201. The lowest BCUT2D eigenvalue weighted by Gasteiger charge is -2.21. The van der Waals surface area contributed by atoms with Gasteiger partial charge in [0.2, 0.25) is 0 Å². The number of halogens is 2. The van der Waals surface area contributed by atoms with Gasteiger partial charge in [0.05, 0.1) is 0 Å². The molecule has 0 fully saturated rings. The Labute approximate surface area is 124 Å². The number of nitrogens with one attached hydrogen (secondary N) is 1. The Hall–Kier alpha value is -1.38. The van der Waals surface area contributed by atoms with E-state index in [4.69, 9.17) is 11.6 Å². The van der Waals surface area contributed by atoms with Crippen molar-refractivity contribution in [2.24, 2.45) is 0 Å². The van der Waals surface area contributed by atoms with E-state index in [1.54, 1.807) is 0 Å². The minimum absolute atomic E-state index is 0.184. The van der Waals surface area contributed by atoms with Crippen LogP contribution >= 0.6 is 11.6 Å². The van der Waals surface area contributed by atoms with E-state index in [0.717, 1.165) is 29.1 Å². The molecule has 0 aliphatic rings. The molecular weight excluding hydrogens is 273 g/mol. The Kier molecular flexibility index (Phi) is 5.16. The highest BCUT2D eigenvalue weighted by Crippen LogP contribution is 2.26. The second-order valence-corrected chi connectivity index (χ2v) is 5.30. The molecule has 1 unspecified atom stereocenters. The standard InChI is InChI=1S/C17H19ClFN/c1-3-20-17(11-13-7-9-14(19)10-8-13)15-5-4-6-16(18)12(15)2/h4-10,17,20H,3,11H2,1-2H3. The zero-order chi connectivity index (χ0) is 14.5. The van der Waals surface area contributed by atoms with E-state index in [1.807, 2.05) is 31.2 Å². The first kappa shape index (κ1) is 15.0. The lowest BCUT2D eigenvalue weighted by molar-refractivity contribution is 0.546. The SMILES string of the molecule is CCNC(Cc1ccc(F)cc1)c1cccc(Cl)c1C. The van der Waals surface area contributed by atoms with Crippen molar-refractivity contribution in [2.45, 2.75) is 26.3 Å². The van der Waals surface area contributed by atoms with Gasteiger partial charge in [-0.3, -0.25) is 0 Å². The van der Waals surface area contributed by atoms with E-state index in [-0.39, 0.29) is 11.9 Å². The maximum atomic E-state index is 13.0. The monoisotopic (exact) mass is 291 g/mol. The molecule has 1 nitrogen and oxygen atoms in total. The highest BCUT2D eigenvalue weighted by molar-refractivity contribution is 6.31. The number of hydrogen-bond donors (Lipinski definition) is 1. The predicted octanol–water partition coefficient (Wildman–Crippen LogP) is 4.68. The third-order valence-electron chi connectivity index (χ3n) is 3.49. The van der Waals surface area contributed by atoms with Gasteiger partial charge in [-0.15, -0.1) is 0 Å². The van der Waals surface area contributed by atoms with Gasteiger partial charge in [-0.2, -0.15) is 0 Å². The summed E-state index contributed by atoms with van der Waals surface area (Å²) in [5, 5.41) is 4.26. The van der Waals surface area contributed by atoms with E-state index in [1.165, 1.54) is 17.7 Å². The first-order valence-corrected chi connectivity index (χ1v) is 7.22. The molecule has 0 aromatic heterocycles. The van der Waals surface area contributed by atoms with Crippen LogP contribution in [0.5, 0.6) is 0 Å². The summed E-state index contributed by atoms with van der Waals surface area (Å²) < 4.78 is 13.0. The largest absolute Gasteiger partial charge is 0.310 e. The molecule has 0 heterocycles. The number of benzene rings is 2. The fourth-order valence-corrected chi connectivity index (χ4v) is 2.58. The summed E-state index contributed by atoms with van der Waals surface area (Å²) in [6.45, 7) is 4.99. The second-order valence-electron chi connectivity index (χ2n) is 4.89. The molecule has 2 rings (SSSR count). The van der Waals surface area contributed by atoms with Gasteiger partial charge >= 0.3 is 0 Å². The van der Waals surface area contributed by atoms with Crippen molar-refractivity contribution in [3.63, 3.8) is 0 Å². The van der Waals surface area contributed by atoms with Gasteiger partial charge in [-0.05, 0) is 54.8 Å². The quantitative estimate of drug-likeness (QED) is 0.843. The van der Waals surface area contributed by atoms with E-state index in [0.29, 0.717) is 0 Å². The summed E-state index contributed by atoms with van der Waals surface area (Å²) in [6.07, 6.45) is 0.815. The molecule has 1 N–H and O–H groups in total. The van der Waals surface area contributed by atoms with Gasteiger partial charge < -0.3 is 5.32 Å². The molecule has 0 amide bonds. The molecule has 0 radical (unpaired) electrons. The molecule has 106 valence electrons. The van der Waals surface area contributed by atoms with Crippen LogP contribution in [0.4, 0.5) is 4.39 Å². The molecule has 1 atom stereocenters.